The Morgan fingerprint density at radius 1 is 0.837 bits per heavy atom. The van der Waals surface area contributed by atoms with Crippen molar-refractivity contribution in [3.63, 3.8) is 0 Å². The Kier molecular flexibility index (Phi) is 17.7. The third-order valence-corrected chi connectivity index (χ3v) is 8.55. The van der Waals surface area contributed by atoms with E-state index in [2.05, 4.69) is 6.92 Å². The quantitative estimate of drug-likeness (QED) is 0.0379. The zero-order chi connectivity index (χ0) is 35.6. The minimum absolute atomic E-state index is 0.0518. The molecule has 1 heterocycles. The average Bonchev–Trinajstić information content (AvgIpc) is 3.08. The maximum absolute atomic E-state index is 13.2. The number of carbonyl (C=O) groups is 2. The van der Waals surface area contributed by atoms with Crippen LogP contribution >= 0.6 is 34.8 Å². The molecule has 270 valence electrons. The summed E-state index contributed by atoms with van der Waals surface area (Å²) in [5, 5.41) is 8.19. The standard InChI is InChI=1S/C37H48Cl3NO8/c1-4-5-6-7-8-9-10-11-15-18-30(42)47-32-26(2)46-35(49-36(41)37(38,39)40)34(48-31(43)24-21-27-16-13-12-14-17-27)33(32)45-25-28-19-22-29(44-3)23-20-28/h12-14,16-17,19-24,26,32-35,41H,4-11,15,18,25H2,1-3H3/b24-21+,41-36?/t26-,32-,33+,34+,35-/m0/s1. The second-order valence-corrected chi connectivity index (χ2v) is 14.2. The fourth-order valence-corrected chi connectivity index (χ4v) is 5.47. The number of alkyl halides is 3. The van der Waals surface area contributed by atoms with Crippen LogP contribution in [0.5, 0.6) is 5.75 Å². The Balaban J connectivity index is 1.79. The molecule has 0 unspecified atom stereocenters. The van der Waals surface area contributed by atoms with Crippen LogP contribution in [0, 0.1) is 5.41 Å². The fraction of sp³-hybridized carbons (Fsp3) is 0.541. The number of methoxy groups -OCH3 is 1. The van der Waals surface area contributed by atoms with Gasteiger partial charge in [0, 0.05) is 12.5 Å². The summed E-state index contributed by atoms with van der Waals surface area (Å²) in [5.74, 6) is -1.25. The van der Waals surface area contributed by atoms with Gasteiger partial charge in [0.2, 0.25) is 12.2 Å². The van der Waals surface area contributed by atoms with Crippen molar-refractivity contribution < 1.29 is 38.0 Å². The first-order chi connectivity index (χ1) is 23.5. The molecule has 5 atom stereocenters. The van der Waals surface area contributed by atoms with Gasteiger partial charge < -0.3 is 28.4 Å². The average molecular weight is 741 g/mol. The van der Waals surface area contributed by atoms with Gasteiger partial charge >= 0.3 is 11.9 Å². The van der Waals surface area contributed by atoms with Gasteiger partial charge in [0.25, 0.3) is 3.79 Å². The van der Waals surface area contributed by atoms with Crippen LogP contribution in [0.1, 0.15) is 89.2 Å². The highest BCUT2D eigenvalue weighted by molar-refractivity contribution is 6.76. The minimum Gasteiger partial charge on any atom is -0.497 e. The van der Waals surface area contributed by atoms with E-state index in [9.17, 15) is 9.59 Å². The van der Waals surface area contributed by atoms with Crippen molar-refractivity contribution >= 4 is 58.7 Å². The van der Waals surface area contributed by atoms with Crippen molar-refractivity contribution in [2.45, 2.75) is 119 Å². The van der Waals surface area contributed by atoms with E-state index < -0.39 is 52.3 Å². The van der Waals surface area contributed by atoms with Crippen molar-refractivity contribution in [3.8, 4) is 5.75 Å². The molecule has 1 N–H and O–H groups in total. The van der Waals surface area contributed by atoms with Gasteiger partial charge in [0.1, 0.15) is 11.9 Å². The number of rotatable bonds is 19. The molecule has 0 aliphatic carbocycles. The van der Waals surface area contributed by atoms with Crippen LogP contribution in [0.15, 0.2) is 60.7 Å². The summed E-state index contributed by atoms with van der Waals surface area (Å²) < 4.78 is 32.9. The number of ether oxygens (including phenoxy) is 6. The van der Waals surface area contributed by atoms with E-state index in [1.807, 2.05) is 42.5 Å². The van der Waals surface area contributed by atoms with Crippen molar-refractivity contribution in [1.82, 2.24) is 0 Å². The van der Waals surface area contributed by atoms with Gasteiger partial charge in [-0.05, 0) is 42.7 Å². The second-order valence-electron chi connectivity index (χ2n) is 12.0. The summed E-state index contributed by atoms with van der Waals surface area (Å²) in [6.07, 6.45) is 7.40. The number of unbranched alkanes of at least 4 members (excludes halogenated alkanes) is 8. The Morgan fingerprint density at radius 2 is 1.47 bits per heavy atom. The molecule has 1 saturated heterocycles. The van der Waals surface area contributed by atoms with Crippen LogP contribution in [0.3, 0.4) is 0 Å². The molecule has 0 aromatic heterocycles. The molecule has 49 heavy (non-hydrogen) atoms. The predicted octanol–water partition coefficient (Wildman–Crippen LogP) is 9.15. The van der Waals surface area contributed by atoms with Crippen molar-refractivity contribution in [2.75, 3.05) is 7.11 Å². The van der Waals surface area contributed by atoms with E-state index in [1.165, 1.54) is 38.2 Å². The van der Waals surface area contributed by atoms with Gasteiger partial charge in [-0.25, -0.2) is 4.79 Å². The van der Waals surface area contributed by atoms with Gasteiger partial charge in [-0.15, -0.1) is 0 Å². The molecule has 0 bridgehead atoms. The lowest BCUT2D eigenvalue weighted by Crippen LogP contribution is -2.61. The van der Waals surface area contributed by atoms with Gasteiger partial charge in [0.05, 0.1) is 19.8 Å². The molecule has 0 spiro atoms. The first-order valence-corrected chi connectivity index (χ1v) is 18.0. The molecule has 2 aromatic rings. The largest absolute Gasteiger partial charge is 0.497 e. The van der Waals surface area contributed by atoms with Crippen LogP contribution in [0.4, 0.5) is 0 Å². The predicted molar refractivity (Wildman–Crippen MR) is 192 cm³/mol. The summed E-state index contributed by atoms with van der Waals surface area (Å²) in [5.41, 5.74) is 1.55. The van der Waals surface area contributed by atoms with E-state index in [1.54, 1.807) is 32.2 Å². The Bertz CT molecular complexity index is 1320. The van der Waals surface area contributed by atoms with Gasteiger partial charge in [-0.2, -0.15) is 0 Å². The zero-order valence-corrected chi connectivity index (χ0v) is 30.7. The lowest BCUT2D eigenvalue weighted by molar-refractivity contribution is -0.289. The van der Waals surface area contributed by atoms with Crippen LogP contribution in [0.2, 0.25) is 0 Å². The molecule has 9 nitrogen and oxygen atoms in total. The number of hydrogen-bond acceptors (Lipinski definition) is 9. The Hall–Kier alpha value is -2.82. The highest BCUT2D eigenvalue weighted by atomic mass is 35.6. The number of hydrogen-bond donors (Lipinski definition) is 1. The third-order valence-electron chi connectivity index (χ3n) is 8.04. The number of nitrogens with one attached hydrogen (secondary N) is 1. The van der Waals surface area contributed by atoms with E-state index in [4.69, 9.17) is 68.6 Å². The number of halogens is 3. The highest BCUT2D eigenvalue weighted by Crippen LogP contribution is 2.34. The molecule has 12 heteroatoms. The molecule has 0 amide bonds. The zero-order valence-electron chi connectivity index (χ0n) is 28.4. The summed E-state index contributed by atoms with van der Waals surface area (Å²) >= 11 is 17.7. The van der Waals surface area contributed by atoms with Gasteiger partial charge in [-0.1, -0.05) is 136 Å². The molecule has 3 rings (SSSR count). The second kappa shape index (κ2) is 21.4. The minimum atomic E-state index is -2.22. The molecule has 0 saturated carbocycles. The molecule has 1 aliphatic rings. The van der Waals surface area contributed by atoms with E-state index in [-0.39, 0.29) is 13.0 Å². The number of esters is 2. The van der Waals surface area contributed by atoms with E-state index >= 15 is 0 Å². The molecular weight excluding hydrogens is 693 g/mol. The fourth-order valence-electron chi connectivity index (χ4n) is 5.34. The van der Waals surface area contributed by atoms with E-state index in [0.717, 1.165) is 30.4 Å². The summed E-state index contributed by atoms with van der Waals surface area (Å²) in [6, 6.07) is 16.4. The number of carbonyl (C=O) groups excluding carboxylic acids is 2. The smallest absolute Gasteiger partial charge is 0.331 e. The molecule has 1 fully saturated rings. The summed E-state index contributed by atoms with van der Waals surface area (Å²) in [6.45, 7) is 3.93. The van der Waals surface area contributed by atoms with Crippen LogP contribution in [-0.2, 0) is 39.9 Å². The molecule has 2 aromatic carbocycles. The third kappa shape index (κ3) is 14.5. The summed E-state index contributed by atoms with van der Waals surface area (Å²) in [7, 11) is 1.57. The molecule has 0 radical (unpaired) electrons. The molecule has 1 aliphatic heterocycles. The monoisotopic (exact) mass is 739 g/mol. The van der Waals surface area contributed by atoms with Crippen molar-refractivity contribution in [1.29, 1.82) is 5.41 Å². The van der Waals surface area contributed by atoms with Gasteiger partial charge in [0.15, 0.2) is 12.2 Å². The lowest BCUT2D eigenvalue weighted by atomic mass is 9.98. The SMILES string of the molecule is CCCCCCCCCCCC(=O)O[C@@H]1[C@@H](OCc2ccc(OC)cc2)[C@@H](OC(=O)/C=C/c2ccccc2)[C@H](OC(=N)C(Cl)(Cl)Cl)O[C@H]1C. The maximum atomic E-state index is 13.2. The first kappa shape index (κ1) is 40.6. The van der Waals surface area contributed by atoms with Crippen molar-refractivity contribution in [3.05, 3.63) is 71.8 Å². The van der Waals surface area contributed by atoms with E-state index in [0.29, 0.717) is 12.2 Å². The maximum Gasteiger partial charge on any atom is 0.331 e. The summed E-state index contributed by atoms with van der Waals surface area (Å²) in [4.78, 5) is 26.3. The van der Waals surface area contributed by atoms with Crippen molar-refractivity contribution in [2.24, 2.45) is 0 Å². The van der Waals surface area contributed by atoms with Gasteiger partial charge in [-0.3, -0.25) is 10.2 Å². The normalized spacial score (nSPS) is 20.9. The highest BCUT2D eigenvalue weighted by Gasteiger charge is 2.51. The Morgan fingerprint density at radius 3 is 2.08 bits per heavy atom. The topological polar surface area (TPSA) is 113 Å². The molecular formula is C37H48Cl3NO8. The van der Waals surface area contributed by atoms with Crippen LogP contribution in [0.25, 0.3) is 6.08 Å². The first-order valence-electron chi connectivity index (χ1n) is 16.9. The lowest BCUT2D eigenvalue weighted by Gasteiger charge is -2.44. The van der Waals surface area contributed by atoms with Crippen LogP contribution < -0.4 is 4.74 Å². The van der Waals surface area contributed by atoms with Crippen LogP contribution in [-0.4, -0.2) is 59.4 Å². The Labute approximate surface area is 305 Å². The number of benzene rings is 2.